The van der Waals surface area contributed by atoms with Crippen LogP contribution in [0.15, 0.2) is 90.5 Å². The smallest absolute Gasteiger partial charge is 0.338 e. The van der Waals surface area contributed by atoms with Gasteiger partial charge < -0.3 is 35.1 Å². The molecule has 3 unspecified atom stereocenters. The molecule has 1 aliphatic heterocycles. The molecule has 3 fully saturated rings. The van der Waals surface area contributed by atoms with E-state index >= 15 is 0 Å². The highest BCUT2D eigenvalue weighted by Gasteiger charge is 2.64. The largest absolute Gasteiger partial charge is 0.508 e. The number of benzene rings is 3. The van der Waals surface area contributed by atoms with Crippen molar-refractivity contribution in [2.24, 2.45) is 11.8 Å². The fourth-order valence-electron chi connectivity index (χ4n) is 6.94. The lowest BCUT2D eigenvalue weighted by atomic mass is 9.91. The Kier molecular flexibility index (Phi) is 9.85. The van der Waals surface area contributed by atoms with Crippen LogP contribution in [0.4, 0.5) is 0 Å². The Bertz CT molecular complexity index is 1800. The van der Waals surface area contributed by atoms with E-state index in [1.165, 1.54) is 0 Å². The minimum absolute atomic E-state index is 0.153. The highest BCUT2D eigenvalue weighted by atomic mass is 16.8. The summed E-state index contributed by atoms with van der Waals surface area (Å²) >= 11 is 0. The van der Waals surface area contributed by atoms with Gasteiger partial charge in [-0.15, -0.1) is 0 Å². The summed E-state index contributed by atoms with van der Waals surface area (Å²) in [5, 5.41) is 24.7. The van der Waals surface area contributed by atoms with Crippen LogP contribution in [0.1, 0.15) is 69.5 Å². The number of amides is 2. The summed E-state index contributed by atoms with van der Waals surface area (Å²) in [6.07, 6.45) is 8.65. The van der Waals surface area contributed by atoms with Crippen LogP contribution in [0.3, 0.4) is 0 Å². The van der Waals surface area contributed by atoms with Crippen molar-refractivity contribution < 1.29 is 38.8 Å². The molecule has 1 heterocycles. The minimum Gasteiger partial charge on any atom is -0.508 e. The fourth-order valence-corrected chi connectivity index (χ4v) is 6.94. The van der Waals surface area contributed by atoms with E-state index in [1.54, 1.807) is 48.5 Å². The summed E-state index contributed by atoms with van der Waals surface area (Å²) in [6.45, 7) is 0.183. The van der Waals surface area contributed by atoms with Gasteiger partial charge in [-0.25, -0.2) is 4.79 Å². The van der Waals surface area contributed by atoms with Crippen molar-refractivity contribution in [1.29, 1.82) is 0 Å². The molecule has 3 aromatic carbocycles. The fraction of sp³-hybridized carbons (Fsp3) is 0.375. The lowest BCUT2D eigenvalue weighted by Gasteiger charge is -2.31. The van der Waals surface area contributed by atoms with Crippen LogP contribution in [0.25, 0.3) is 6.08 Å². The number of rotatable bonds is 13. The van der Waals surface area contributed by atoms with Gasteiger partial charge in [0.1, 0.15) is 24.1 Å². The maximum Gasteiger partial charge on any atom is 0.338 e. The van der Waals surface area contributed by atoms with Gasteiger partial charge in [-0.1, -0.05) is 54.6 Å². The second-order valence-corrected chi connectivity index (χ2v) is 13.5. The maximum atomic E-state index is 13.6. The lowest BCUT2D eigenvalue weighted by Crippen LogP contribution is -2.44. The van der Waals surface area contributed by atoms with Crippen molar-refractivity contribution in [3.8, 4) is 5.75 Å². The highest BCUT2D eigenvalue weighted by molar-refractivity contribution is 5.95. The van der Waals surface area contributed by atoms with Gasteiger partial charge in [-0.2, -0.15) is 0 Å². The average molecular weight is 679 g/mol. The first-order valence-corrected chi connectivity index (χ1v) is 17.4. The quantitative estimate of drug-likeness (QED) is 0.188. The molecule has 4 aliphatic rings. The molecule has 260 valence electrons. The number of carbonyl (C=O) groups excluding carboxylic acids is 3. The zero-order valence-corrected chi connectivity index (χ0v) is 27.8. The van der Waals surface area contributed by atoms with Gasteiger partial charge in [0.2, 0.25) is 5.91 Å². The Morgan fingerprint density at radius 3 is 2.40 bits per heavy atom. The van der Waals surface area contributed by atoms with E-state index in [9.17, 15) is 19.5 Å². The number of aromatic hydroxyl groups is 1. The number of hydrogen-bond donors (Lipinski definition) is 4. The Morgan fingerprint density at radius 2 is 1.64 bits per heavy atom. The first kappa shape index (κ1) is 33.7. The summed E-state index contributed by atoms with van der Waals surface area (Å²) in [5.74, 6) is -1.01. The van der Waals surface area contributed by atoms with Crippen LogP contribution in [0, 0.1) is 11.8 Å². The van der Waals surface area contributed by atoms with E-state index in [0.717, 1.165) is 42.4 Å². The first-order valence-electron chi connectivity index (χ1n) is 17.4. The van der Waals surface area contributed by atoms with Gasteiger partial charge in [0.05, 0.1) is 12.2 Å². The third-order valence-electron chi connectivity index (χ3n) is 9.76. The predicted octanol–water partition coefficient (Wildman–Crippen LogP) is 4.84. The van der Waals surface area contributed by atoms with Gasteiger partial charge in [0.25, 0.3) is 5.91 Å². The van der Waals surface area contributed by atoms with Crippen molar-refractivity contribution >= 4 is 23.9 Å². The second-order valence-electron chi connectivity index (χ2n) is 13.5. The number of nitrogens with one attached hydrogen (secondary N) is 2. The molecule has 2 amide bonds. The number of hydrogen-bond acceptors (Lipinski definition) is 8. The van der Waals surface area contributed by atoms with Gasteiger partial charge in [0.15, 0.2) is 5.79 Å². The standard InChI is InChI=1S/C40H42N2O8/c43-19-18-41-37(45)28-11-5-8-26(21-28)24-42-38(46)30-22-34(36-35(23-30)49-40(50-36,31-14-15-31)32-16-17-32)48-39(47)29-12-4-7-25(20-29)6-3-10-27-9-1-2-13-33(27)44/h1-9,11-13,20-21,23,31-32,34-36,43-44H,10,14-19,22,24H2,(H,41,45)(H,42,46). The molecule has 7 rings (SSSR count). The van der Waals surface area contributed by atoms with E-state index in [0.29, 0.717) is 35.0 Å². The maximum absolute atomic E-state index is 13.6. The third kappa shape index (κ3) is 7.52. The number of carbonyl (C=O) groups is 3. The molecular weight excluding hydrogens is 636 g/mol. The number of aliphatic hydroxyl groups excluding tert-OH is 1. The molecule has 50 heavy (non-hydrogen) atoms. The SMILES string of the molecule is O=C(NCc1cccc(C(=O)NCCO)c1)C1=CC2OC(C3CC3)(C3CC3)OC2C(OC(=O)c2cccc(C=CCc3ccccc3O)c2)C1. The zero-order chi connectivity index (χ0) is 34.7. The average Bonchev–Trinajstić information content (AvgIpc) is 4.08. The summed E-state index contributed by atoms with van der Waals surface area (Å²) in [6, 6.07) is 21.3. The summed E-state index contributed by atoms with van der Waals surface area (Å²) < 4.78 is 19.6. The second kappa shape index (κ2) is 14.6. The summed E-state index contributed by atoms with van der Waals surface area (Å²) in [4.78, 5) is 39.6. The molecule has 4 N–H and O–H groups in total. The lowest BCUT2D eigenvalue weighted by molar-refractivity contribution is -0.209. The first-order chi connectivity index (χ1) is 24.3. The minimum atomic E-state index is -0.739. The van der Waals surface area contributed by atoms with E-state index in [4.69, 9.17) is 19.3 Å². The van der Waals surface area contributed by atoms with Gasteiger partial charge in [0, 0.05) is 42.5 Å². The van der Waals surface area contributed by atoms with Crippen molar-refractivity contribution in [3.63, 3.8) is 0 Å². The van der Waals surface area contributed by atoms with E-state index in [2.05, 4.69) is 10.6 Å². The number of phenolic OH excluding ortho intramolecular Hbond substituents is 1. The molecule has 3 atom stereocenters. The van der Waals surface area contributed by atoms with Crippen molar-refractivity contribution in [1.82, 2.24) is 10.6 Å². The highest BCUT2D eigenvalue weighted by Crippen LogP contribution is 2.59. The van der Waals surface area contributed by atoms with E-state index in [-0.39, 0.29) is 43.7 Å². The van der Waals surface area contributed by atoms with Crippen LogP contribution in [0.2, 0.25) is 0 Å². The van der Waals surface area contributed by atoms with Crippen LogP contribution in [0.5, 0.6) is 5.75 Å². The molecule has 3 aromatic rings. The molecule has 0 spiro atoms. The number of allylic oxidation sites excluding steroid dienone is 1. The Labute approximate surface area is 291 Å². The number of phenols is 1. The number of esters is 1. The molecule has 0 aromatic heterocycles. The van der Waals surface area contributed by atoms with Crippen LogP contribution in [-0.4, -0.2) is 65.2 Å². The normalized spacial score (nSPS) is 22.4. The van der Waals surface area contributed by atoms with Crippen LogP contribution in [-0.2, 0) is 32.0 Å². The number of para-hydroxylation sites is 1. The van der Waals surface area contributed by atoms with Gasteiger partial charge >= 0.3 is 5.97 Å². The predicted molar refractivity (Wildman–Crippen MR) is 185 cm³/mol. The molecular formula is C40H42N2O8. The Balaban J connectivity index is 1.05. The van der Waals surface area contributed by atoms with Crippen molar-refractivity contribution in [2.75, 3.05) is 13.2 Å². The van der Waals surface area contributed by atoms with E-state index in [1.807, 2.05) is 42.5 Å². The molecule has 3 aliphatic carbocycles. The summed E-state index contributed by atoms with van der Waals surface area (Å²) in [7, 11) is 0. The Morgan fingerprint density at radius 1 is 0.880 bits per heavy atom. The number of fused-ring (bicyclic) bond motifs is 1. The molecule has 10 nitrogen and oxygen atoms in total. The number of ether oxygens (including phenoxy) is 3. The summed E-state index contributed by atoms with van der Waals surface area (Å²) in [5.41, 5.74) is 3.62. The van der Waals surface area contributed by atoms with E-state index < -0.39 is 30.1 Å². The molecule has 10 heteroatoms. The van der Waals surface area contributed by atoms with Gasteiger partial charge in [-0.05, 0) is 85.2 Å². The van der Waals surface area contributed by atoms with Crippen LogP contribution < -0.4 is 10.6 Å². The van der Waals surface area contributed by atoms with Crippen molar-refractivity contribution in [3.05, 3.63) is 118 Å². The molecule has 0 radical (unpaired) electrons. The topological polar surface area (TPSA) is 143 Å². The Hall–Kier alpha value is -4.77. The zero-order valence-electron chi connectivity index (χ0n) is 27.8. The molecule has 0 bridgehead atoms. The monoisotopic (exact) mass is 678 g/mol. The molecule has 2 saturated carbocycles. The van der Waals surface area contributed by atoms with Gasteiger partial charge in [-0.3, -0.25) is 9.59 Å². The van der Waals surface area contributed by atoms with Crippen LogP contribution >= 0.6 is 0 Å². The van der Waals surface area contributed by atoms with Crippen molar-refractivity contribution in [2.45, 2.75) is 69.2 Å². The third-order valence-corrected chi connectivity index (χ3v) is 9.76. The molecule has 1 saturated heterocycles. The number of aliphatic hydroxyl groups is 1.